The number of hydrogen-bond donors (Lipinski definition) is 1. The molecule has 7 heteroatoms. The number of halogens is 1. The summed E-state index contributed by atoms with van der Waals surface area (Å²) in [5.41, 5.74) is 3.92. The molecule has 0 saturated heterocycles. The molecule has 0 radical (unpaired) electrons. The fourth-order valence-corrected chi connectivity index (χ4v) is 1.95. The molecule has 2 aromatic carbocycles. The highest BCUT2D eigenvalue weighted by Crippen LogP contribution is 2.15. The highest BCUT2D eigenvalue weighted by Gasteiger charge is 2.09. The minimum Gasteiger partial charge on any atom is -0.267 e. The first-order chi connectivity index (χ1) is 10.5. The fourth-order valence-electron chi connectivity index (χ4n) is 1.73. The number of benzene rings is 2. The van der Waals surface area contributed by atoms with Crippen LogP contribution in [-0.4, -0.2) is 16.5 Å². The van der Waals surface area contributed by atoms with Crippen molar-refractivity contribution in [3.63, 3.8) is 0 Å². The highest BCUT2D eigenvalue weighted by molar-refractivity contribution is 6.33. The normalized spacial score (nSPS) is 11.1. The predicted octanol–water partition coefficient (Wildman–Crippen LogP) is 3.40. The van der Waals surface area contributed by atoms with Crippen molar-refractivity contribution in [1.29, 1.82) is 0 Å². The Morgan fingerprint density at radius 3 is 2.41 bits per heavy atom. The number of carbonyl (C=O) groups excluding carboxylic acids is 1. The summed E-state index contributed by atoms with van der Waals surface area (Å²) in [5, 5.41) is 14.9. The van der Waals surface area contributed by atoms with Gasteiger partial charge in [0.05, 0.1) is 21.2 Å². The maximum atomic E-state index is 12.0. The number of non-ortho nitro benzene ring substituents is 1. The molecule has 0 unspecified atom stereocenters. The molecule has 0 fully saturated rings. The molecule has 0 aromatic heterocycles. The molecule has 22 heavy (non-hydrogen) atoms. The number of hydrazone groups is 1. The van der Waals surface area contributed by atoms with Gasteiger partial charge in [-0.3, -0.25) is 14.9 Å². The minimum absolute atomic E-state index is 0.00310. The number of nitrogens with one attached hydrogen (secondary N) is 1. The van der Waals surface area contributed by atoms with Gasteiger partial charge in [0.1, 0.15) is 0 Å². The van der Waals surface area contributed by atoms with Gasteiger partial charge in [0.15, 0.2) is 0 Å². The van der Waals surface area contributed by atoms with E-state index in [1.54, 1.807) is 43.3 Å². The largest absolute Gasteiger partial charge is 0.272 e. The van der Waals surface area contributed by atoms with Gasteiger partial charge in [-0.1, -0.05) is 23.7 Å². The maximum Gasteiger partial charge on any atom is 0.272 e. The molecule has 0 aliphatic heterocycles. The van der Waals surface area contributed by atoms with Crippen molar-refractivity contribution in [1.82, 2.24) is 5.43 Å². The Balaban J connectivity index is 2.11. The van der Waals surface area contributed by atoms with Crippen molar-refractivity contribution < 1.29 is 9.72 Å². The van der Waals surface area contributed by atoms with Gasteiger partial charge < -0.3 is 0 Å². The molecule has 0 atom stereocenters. The Labute approximate surface area is 131 Å². The summed E-state index contributed by atoms with van der Waals surface area (Å²) >= 11 is 5.93. The minimum atomic E-state index is -0.477. The van der Waals surface area contributed by atoms with Crippen LogP contribution in [0.15, 0.2) is 53.6 Å². The smallest absolute Gasteiger partial charge is 0.267 e. The van der Waals surface area contributed by atoms with Crippen LogP contribution in [0.4, 0.5) is 5.69 Å². The first-order valence-corrected chi connectivity index (χ1v) is 6.71. The van der Waals surface area contributed by atoms with Gasteiger partial charge in [-0.05, 0) is 36.8 Å². The number of hydrogen-bond acceptors (Lipinski definition) is 4. The molecule has 1 amide bonds. The van der Waals surface area contributed by atoms with Gasteiger partial charge in [0, 0.05) is 12.1 Å². The van der Waals surface area contributed by atoms with E-state index in [1.807, 2.05) is 0 Å². The van der Waals surface area contributed by atoms with Gasteiger partial charge in [-0.25, -0.2) is 5.43 Å². The Morgan fingerprint density at radius 1 is 1.18 bits per heavy atom. The lowest BCUT2D eigenvalue weighted by Gasteiger charge is -2.04. The number of carbonyl (C=O) groups is 1. The molecule has 0 heterocycles. The molecular weight excluding hydrogens is 306 g/mol. The lowest BCUT2D eigenvalue weighted by Crippen LogP contribution is -2.19. The fraction of sp³-hybridized carbons (Fsp3) is 0.0667. The Morgan fingerprint density at radius 2 is 1.82 bits per heavy atom. The van der Waals surface area contributed by atoms with Crippen molar-refractivity contribution in [2.75, 3.05) is 0 Å². The van der Waals surface area contributed by atoms with Crippen LogP contribution in [-0.2, 0) is 0 Å². The van der Waals surface area contributed by atoms with Gasteiger partial charge in [-0.2, -0.15) is 5.10 Å². The first-order valence-electron chi connectivity index (χ1n) is 6.33. The molecule has 0 bridgehead atoms. The standard InChI is InChI=1S/C15H12ClN3O3/c1-10(11-6-8-12(9-7-11)19(21)22)17-18-15(20)13-4-2-3-5-14(13)16/h2-9H,1H3,(H,18,20). The maximum absolute atomic E-state index is 12.0. The average Bonchev–Trinajstić information content (AvgIpc) is 2.52. The van der Waals surface area contributed by atoms with Gasteiger partial charge in [0.2, 0.25) is 0 Å². The van der Waals surface area contributed by atoms with E-state index < -0.39 is 10.8 Å². The van der Waals surface area contributed by atoms with E-state index >= 15 is 0 Å². The molecule has 6 nitrogen and oxygen atoms in total. The summed E-state index contributed by atoms with van der Waals surface area (Å²) in [6.07, 6.45) is 0. The lowest BCUT2D eigenvalue weighted by molar-refractivity contribution is -0.384. The van der Waals surface area contributed by atoms with Crippen LogP contribution in [0.5, 0.6) is 0 Å². The van der Waals surface area contributed by atoms with E-state index in [4.69, 9.17) is 11.6 Å². The highest BCUT2D eigenvalue weighted by atomic mass is 35.5. The Kier molecular flexibility index (Phi) is 4.85. The van der Waals surface area contributed by atoms with Crippen LogP contribution < -0.4 is 5.43 Å². The molecule has 2 aromatic rings. The summed E-state index contributed by atoms with van der Waals surface area (Å²) in [7, 11) is 0. The number of amides is 1. The number of nitro benzene ring substituents is 1. The van der Waals surface area contributed by atoms with E-state index in [9.17, 15) is 14.9 Å². The third kappa shape index (κ3) is 3.67. The number of nitro groups is 1. The van der Waals surface area contributed by atoms with Gasteiger partial charge >= 0.3 is 0 Å². The number of rotatable bonds is 4. The monoisotopic (exact) mass is 317 g/mol. The SMILES string of the molecule is CC(=NNC(=O)c1ccccc1Cl)c1ccc([N+](=O)[O-])cc1. The van der Waals surface area contributed by atoms with E-state index in [2.05, 4.69) is 10.5 Å². The van der Waals surface area contributed by atoms with Crippen molar-refractivity contribution in [2.24, 2.45) is 5.10 Å². The zero-order valence-electron chi connectivity index (χ0n) is 11.6. The molecular formula is C15H12ClN3O3. The quantitative estimate of drug-likeness (QED) is 0.533. The molecule has 2 rings (SSSR count). The van der Waals surface area contributed by atoms with E-state index in [1.165, 1.54) is 12.1 Å². The van der Waals surface area contributed by atoms with Crippen LogP contribution in [0.25, 0.3) is 0 Å². The zero-order valence-corrected chi connectivity index (χ0v) is 12.4. The zero-order chi connectivity index (χ0) is 16.1. The molecule has 0 spiro atoms. The molecule has 0 saturated carbocycles. The molecule has 0 aliphatic rings. The van der Waals surface area contributed by atoms with Crippen LogP contribution >= 0.6 is 11.6 Å². The molecule has 1 N–H and O–H groups in total. The summed E-state index contributed by atoms with van der Waals surface area (Å²) in [6, 6.07) is 12.5. The second-order valence-electron chi connectivity index (χ2n) is 4.42. The Hall–Kier alpha value is -2.73. The van der Waals surface area contributed by atoms with E-state index in [-0.39, 0.29) is 5.69 Å². The van der Waals surface area contributed by atoms with Crippen LogP contribution in [0.1, 0.15) is 22.8 Å². The van der Waals surface area contributed by atoms with Crippen molar-refractivity contribution in [2.45, 2.75) is 6.92 Å². The second kappa shape index (κ2) is 6.82. The summed E-state index contributed by atoms with van der Waals surface area (Å²) in [4.78, 5) is 22.1. The molecule has 0 aliphatic carbocycles. The second-order valence-corrected chi connectivity index (χ2v) is 4.83. The summed E-state index contributed by atoms with van der Waals surface area (Å²) in [5.74, 6) is -0.424. The van der Waals surface area contributed by atoms with E-state index in [0.717, 1.165) is 0 Å². The van der Waals surface area contributed by atoms with Gasteiger partial charge in [-0.15, -0.1) is 0 Å². The predicted molar refractivity (Wildman–Crippen MR) is 84.2 cm³/mol. The summed E-state index contributed by atoms with van der Waals surface area (Å²) < 4.78 is 0. The summed E-state index contributed by atoms with van der Waals surface area (Å²) in [6.45, 7) is 1.69. The lowest BCUT2D eigenvalue weighted by atomic mass is 10.1. The van der Waals surface area contributed by atoms with Crippen LogP contribution in [0.3, 0.4) is 0 Å². The third-order valence-corrected chi connectivity index (χ3v) is 3.27. The Bertz CT molecular complexity index is 742. The van der Waals surface area contributed by atoms with Gasteiger partial charge in [0.25, 0.3) is 11.6 Å². The van der Waals surface area contributed by atoms with Crippen LogP contribution in [0, 0.1) is 10.1 Å². The van der Waals surface area contributed by atoms with E-state index in [0.29, 0.717) is 21.9 Å². The van der Waals surface area contributed by atoms with Crippen molar-refractivity contribution in [3.05, 3.63) is 74.8 Å². The van der Waals surface area contributed by atoms with Crippen molar-refractivity contribution >= 4 is 28.9 Å². The van der Waals surface area contributed by atoms with Crippen molar-refractivity contribution in [3.8, 4) is 0 Å². The average molecular weight is 318 g/mol. The topological polar surface area (TPSA) is 84.6 Å². The molecule has 112 valence electrons. The number of nitrogens with zero attached hydrogens (tertiary/aromatic N) is 2. The van der Waals surface area contributed by atoms with Crippen LogP contribution in [0.2, 0.25) is 5.02 Å². The third-order valence-electron chi connectivity index (χ3n) is 2.94. The first kappa shape index (κ1) is 15.7.